The van der Waals surface area contributed by atoms with Crippen molar-refractivity contribution in [2.75, 3.05) is 34.4 Å². The maximum atomic E-state index is 11.7. The Hall–Kier alpha value is -2.01. The van der Waals surface area contributed by atoms with E-state index in [0.29, 0.717) is 24.6 Å². The third-order valence-corrected chi connectivity index (χ3v) is 2.67. The minimum Gasteiger partial charge on any atom is -0.493 e. The first-order chi connectivity index (χ1) is 9.12. The first-order valence-corrected chi connectivity index (χ1v) is 5.97. The maximum absolute atomic E-state index is 11.7. The normalized spacial score (nSPS) is 10.5. The van der Waals surface area contributed by atoms with Crippen LogP contribution in [-0.2, 0) is 4.79 Å². The summed E-state index contributed by atoms with van der Waals surface area (Å²) in [5, 5.41) is 0. The van der Waals surface area contributed by atoms with Gasteiger partial charge in [-0.2, -0.15) is 0 Å². The lowest BCUT2D eigenvalue weighted by Gasteiger charge is -2.13. The highest BCUT2D eigenvalue weighted by atomic mass is 16.5. The van der Waals surface area contributed by atoms with Gasteiger partial charge in [0.05, 0.1) is 14.2 Å². The molecule has 0 atom stereocenters. The fourth-order valence-electron chi connectivity index (χ4n) is 1.56. The second-order valence-electron chi connectivity index (χ2n) is 4.00. The average Bonchev–Trinajstić information content (AvgIpc) is 2.44. The largest absolute Gasteiger partial charge is 0.493 e. The van der Waals surface area contributed by atoms with Gasteiger partial charge in [-0.05, 0) is 23.8 Å². The molecule has 19 heavy (non-hydrogen) atoms. The van der Waals surface area contributed by atoms with E-state index in [1.165, 1.54) is 6.08 Å². The topological polar surface area (TPSA) is 64.8 Å². The van der Waals surface area contributed by atoms with E-state index in [9.17, 15) is 4.79 Å². The molecule has 0 saturated carbocycles. The van der Waals surface area contributed by atoms with Crippen molar-refractivity contribution in [2.45, 2.75) is 0 Å². The molecule has 1 rings (SSSR count). The smallest absolute Gasteiger partial charge is 0.246 e. The van der Waals surface area contributed by atoms with Gasteiger partial charge >= 0.3 is 0 Å². The molecule has 0 radical (unpaired) electrons. The Morgan fingerprint density at radius 2 is 2.00 bits per heavy atom. The lowest BCUT2D eigenvalue weighted by molar-refractivity contribution is -0.124. The first kappa shape index (κ1) is 15.0. The van der Waals surface area contributed by atoms with E-state index in [4.69, 9.17) is 15.2 Å². The fraction of sp³-hybridized carbons (Fsp3) is 0.357. The molecule has 0 aromatic heterocycles. The molecule has 5 nitrogen and oxygen atoms in total. The van der Waals surface area contributed by atoms with Crippen LogP contribution in [0.1, 0.15) is 5.56 Å². The van der Waals surface area contributed by atoms with Crippen molar-refractivity contribution < 1.29 is 14.3 Å². The van der Waals surface area contributed by atoms with Gasteiger partial charge in [-0.25, -0.2) is 0 Å². The highest BCUT2D eigenvalue weighted by Gasteiger charge is 2.05. The van der Waals surface area contributed by atoms with E-state index < -0.39 is 0 Å². The molecule has 1 aromatic rings. The molecule has 1 aromatic carbocycles. The van der Waals surface area contributed by atoms with Gasteiger partial charge in [-0.1, -0.05) is 6.07 Å². The summed E-state index contributed by atoms with van der Waals surface area (Å²) in [4.78, 5) is 13.3. The van der Waals surface area contributed by atoms with Crippen LogP contribution in [0.5, 0.6) is 11.5 Å². The summed E-state index contributed by atoms with van der Waals surface area (Å²) in [7, 11) is 4.87. The Kier molecular flexibility index (Phi) is 5.89. The maximum Gasteiger partial charge on any atom is 0.246 e. The zero-order valence-corrected chi connectivity index (χ0v) is 11.6. The number of likely N-dealkylation sites (N-methyl/N-ethyl adjacent to an activating group) is 1. The third kappa shape index (κ3) is 4.30. The number of ether oxygens (including phenoxy) is 2. The van der Waals surface area contributed by atoms with E-state index in [1.54, 1.807) is 38.3 Å². The number of methoxy groups -OCH3 is 2. The molecule has 104 valence electrons. The van der Waals surface area contributed by atoms with E-state index in [2.05, 4.69) is 0 Å². The summed E-state index contributed by atoms with van der Waals surface area (Å²) < 4.78 is 10.3. The van der Waals surface area contributed by atoms with Crippen LogP contribution in [0.4, 0.5) is 0 Å². The Morgan fingerprint density at radius 1 is 1.32 bits per heavy atom. The van der Waals surface area contributed by atoms with Gasteiger partial charge in [-0.3, -0.25) is 4.79 Å². The highest BCUT2D eigenvalue weighted by molar-refractivity contribution is 5.91. The predicted molar refractivity (Wildman–Crippen MR) is 75.3 cm³/mol. The van der Waals surface area contributed by atoms with Crippen LogP contribution in [0.15, 0.2) is 24.3 Å². The predicted octanol–water partition coefficient (Wildman–Crippen LogP) is 1.13. The minimum atomic E-state index is -0.0831. The quantitative estimate of drug-likeness (QED) is 0.782. The van der Waals surface area contributed by atoms with Crippen LogP contribution in [-0.4, -0.2) is 45.2 Å². The van der Waals surface area contributed by atoms with Gasteiger partial charge in [0.25, 0.3) is 0 Å². The molecule has 2 N–H and O–H groups in total. The van der Waals surface area contributed by atoms with Crippen molar-refractivity contribution in [3.05, 3.63) is 29.8 Å². The lowest BCUT2D eigenvalue weighted by atomic mass is 10.2. The number of carbonyl (C=O) groups is 1. The Morgan fingerprint density at radius 3 is 2.58 bits per heavy atom. The molecule has 0 aliphatic heterocycles. The summed E-state index contributed by atoms with van der Waals surface area (Å²) in [5.41, 5.74) is 6.26. The SMILES string of the molecule is COc1ccc(/C=C/C(=O)N(C)CCN)cc1OC. The van der Waals surface area contributed by atoms with Crippen LogP contribution in [0.2, 0.25) is 0 Å². The number of nitrogens with two attached hydrogens (primary N) is 1. The van der Waals surface area contributed by atoms with Gasteiger partial charge in [-0.15, -0.1) is 0 Å². The molecular weight excluding hydrogens is 244 g/mol. The van der Waals surface area contributed by atoms with Crippen LogP contribution in [0.3, 0.4) is 0 Å². The molecule has 0 saturated heterocycles. The minimum absolute atomic E-state index is 0.0831. The van der Waals surface area contributed by atoms with Crippen molar-refractivity contribution in [2.24, 2.45) is 5.73 Å². The van der Waals surface area contributed by atoms with Crippen molar-refractivity contribution in [3.63, 3.8) is 0 Å². The Bertz CT molecular complexity index is 458. The van der Waals surface area contributed by atoms with E-state index in [1.807, 2.05) is 12.1 Å². The zero-order valence-electron chi connectivity index (χ0n) is 11.6. The Balaban J connectivity index is 2.79. The standard InChI is InChI=1S/C14H20N2O3/c1-16(9-8-15)14(17)7-5-11-4-6-12(18-2)13(10-11)19-3/h4-7,10H,8-9,15H2,1-3H3/b7-5+. The second kappa shape index (κ2) is 7.43. The van der Waals surface area contributed by atoms with Crippen LogP contribution < -0.4 is 15.2 Å². The molecule has 1 amide bonds. The molecule has 0 aliphatic carbocycles. The number of rotatable bonds is 6. The van der Waals surface area contributed by atoms with E-state index >= 15 is 0 Å². The van der Waals surface area contributed by atoms with Gasteiger partial charge in [0.2, 0.25) is 5.91 Å². The third-order valence-electron chi connectivity index (χ3n) is 2.67. The summed E-state index contributed by atoms with van der Waals surface area (Å²) in [5.74, 6) is 1.21. The molecule has 0 aliphatic rings. The van der Waals surface area contributed by atoms with Crippen molar-refractivity contribution >= 4 is 12.0 Å². The van der Waals surface area contributed by atoms with E-state index in [-0.39, 0.29) is 5.91 Å². The highest BCUT2D eigenvalue weighted by Crippen LogP contribution is 2.27. The number of hydrogen-bond acceptors (Lipinski definition) is 4. The summed E-state index contributed by atoms with van der Waals surface area (Å²) in [6.45, 7) is 0.988. The number of hydrogen-bond donors (Lipinski definition) is 1. The molecule has 0 bridgehead atoms. The number of amides is 1. The van der Waals surface area contributed by atoms with Crippen LogP contribution in [0.25, 0.3) is 6.08 Å². The molecule has 0 spiro atoms. The first-order valence-electron chi connectivity index (χ1n) is 5.97. The molecular formula is C14H20N2O3. The van der Waals surface area contributed by atoms with Gasteiger partial charge in [0, 0.05) is 26.2 Å². The van der Waals surface area contributed by atoms with Gasteiger partial charge < -0.3 is 20.1 Å². The molecule has 0 fully saturated rings. The van der Waals surface area contributed by atoms with E-state index in [0.717, 1.165) is 5.56 Å². The van der Waals surface area contributed by atoms with Crippen molar-refractivity contribution in [3.8, 4) is 11.5 Å². The fourth-order valence-corrected chi connectivity index (χ4v) is 1.56. The van der Waals surface area contributed by atoms with Crippen LogP contribution >= 0.6 is 0 Å². The summed E-state index contributed by atoms with van der Waals surface area (Å²) in [6.07, 6.45) is 3.24. The number of nitrogens with zero attached hydrogens (tertiary/aromatic N) is 1. The van der Waals surface area contributed by atoms with Crippen molar-refractivity contribution in [1.82, 2.24) is 4.90 Å². The second-order valence-corrected chi connectivity index (χ2v) is 4.00. The summed E-state index contributed by atoms with van der Waals surface area (Å²) in [6, 6.07) is 5.46. The molecule has 5 heteroatoms. The molecule has 0 unspecified atom stereocenters. The number of benzene rings is 1. The Labute approximate surface area is 113 Å². The van der Waals surface area contributed by atoms with Crippen LogP contribution in [0, 0.1) is 0 Å². The monoisotopic (exact) mass is 264 g/mol. The van der Waals surface area contributed by atoms with Crippen molar-refractivity contribution in [1.29, 1.82) is 0 Å². The average molecular weight is 264 g/mol. The van der Waals surface area contributed by atoms with Gasteiger partial charge in [0.15, 0.2) is 11.5 Å². The lowest BCUT2D eigenvalue weighted by Crippen LogP contribution is -2.30. The number of carbonyl (C=O) groups excluding carboxylic acids is 1. The molecule has 0 heterocycles. The zero-order chi connectivity index (χ0) is 14.3. The van der Waals surface area contributed by atoms with Gasteiger partial charge in [0.1, 0.15) is 0 Å². The summed E-state index contributed by atoms with van der Waals surface area (Å²) >= 11 is 0.